The number of carbonyl (C=O) groups excluding carboxylic acids is 1. The second kappa shape index (κ2) is 12.6. The summed E-state index contributed by atoms with van der Waals surface area (Å²) in [5, 5.41) is 25.4. The van der Waals surface area contributed by atoms with Crippen molar-refractivity contribution in [2.24, 2.45) is 0 Å². The van der Waals surface area contributed by atoms with Gasteiger partial charge in [0.2, 0.25) is 0 Å². The van der Waals surface area contributed by atoms with E-state index in [9.17, 15) is 15.0 Å². The summed E-state index contributed by atoms with van der Waals surface area (Å²) in [5.74, 6) is -0.464. The Hall–Kier alpha value is -1.09. The average molecular weight is 427 g/mol. The van der Waals surface area contributed by atoms with E-state index in [1.165, 1.54) is 19.2 Å². The number of carbonyl (C=O) groups is 1. The van der Waals surface area contributed by atoms with Crippen LogP contribution in [0.2, 0.25) is 0 Å². The number of nitrogens with one attached hydrogen (secondary N) is 1. The van der Waals surface area contributed by atoms with Gasteiger partial charge in [0.25, 0.3) is 5.91 Å². The van der Waals surface area contributed by atoms with Gasteiger partial charge in [0.05, 0.1) is 18.7 Å². The predicted octanol–water partition coefficient (Wildman–Crippen LogP) is 0.452. The Kier molecular flexibility index (Phi) is 12.1. The fourth-order valence-corrected chi connectivity index (χ4v) is 3.30. The first-order valence-corrected chi connectivity index (χ1v) is 9.08. The first kappa shape index (κ1) is 27.9. The Labute approximate surface area is 216 Å². The van der Waals surface area contributed by atoms with Crippen molar-refractivity contribution < 1.29 is 71.1 Å². The van der Waals surface area contributed by atoms with Crippen LogP contribution >= 0.6 is 0 Å². The minimum Gasteiger partial charge on any atom is -0.870 e. The molecule has 0 aromatic heterocycles. The third-order valence-corrected chi connectivity index (χ3v) is 4.70. The molecule has 0 saturated heterocycles. The monoisotopic (exact) mass is 426 g/mol. The quantitative estimate of drug-likeness (QED) is 0.542. The molecule has 2 aliphatic heterocycles. The van der Waals surface area contributed by atoms with Gasteiger partial charge in [0, 0.05) is 12.2 Å². The van der Waals surface area contributed by atoms with Gasteiger partial charge >= 0.3 is 51.4 Å². The van der Waals surface area contributed by atoms with Gasteiger partial charge in [0.1, 0.15) is 12.0 Å². The number of aliphatic hydroxyl groups excluding tert-OH is 1. The van der Waals surface area contributed by atoms with Gasteiger partial charge in [-0.05, 0) is 31.1 Å². The van der Waals surface area contributed by atoms with Crippen LogP contribution in [0.5, 0.6) is 11.5 Å². The van der Waals surface area contributed by atoms with Crippen LogP contribution < -0.4 is 66.5 Å². The number of hydrogen-bond donors (Lipinski definition) is 2. The Morgan fingerprint density at radius 3 is 2.62 bits per heavy atom. The number of benzene rings is 1. The Morgan fingerprint density at radius 1 is 1.38 bits per heavy atom. The van der Waals surface area contributed by atoms with Crippen molar-refractivity contribution in [1.82, 2.24) is 4.90 Å². The number of rotatable bonds is 3. The molecule has 0 bridgehead atoms. The normalized spacial score (nSPS) is 20.0. The van der Waals surface area contributed by atoms with Crippen molar-refractivity contribution in [3.05, 3.63) is 53.6 Å². The van der Waals surface area contributed by atoms with Crippen LogP contribution in [0.1, 0.15) is 45.0 Å². The summed E-state index contributed by atoms with van der Waals surface area (Å²) in [6.07, 6.45) is 5.03. The van der Waals surface area contributed by atoms with Gasteiger partial charge in [-0.2, -0.15) is 0 Å². The summed E-state index contributed by atoms with van der Waals surface area (Å²) in [6, 6.07) is 2.33. The summed E-state index contributed by atoms with van der Waals surface area (Å²) >= 11 is 0. The molecule has 2 N–H and O–H groups in total. The number of anilines is 1. The van der Waals surface area contributed by atoms with Crippen molar-refractivity contribution in [3.63, 3.8) is 0 Å². The first-order valence-electron chi connectivity index (χ1n) is 9.08. The SMILES string of the molecule is C.C=C/C=C\C1=C(C)CC2C(O)Nc3cc([O-])c(OC)cc3C(=O)N2C1.CC.[K+]. The van der Waals surface area contributed by atoms with Crippen LogP contribution in [0.4, 0.5) is 5.69 Å². The van der Waals surface area contributed by atoms with Crippen LogP contribution in [-0.2, 0) is 0 Å². The molecule has 1 aromatic rings. The molecule has 0 radical (unpaired) electrons. The molecule has 0 fully saturated rings. The van der Waals surface area contributed by atoms with Gasteiger partial charge in [-0.25, -0.2) is 0 Å². The molecule has 6 nitrogen and oxygen atoms in total. The molecule has 154 valence electrons. The van der Waals surface area contributed by atoms with E-state index < -0.39 is 12.3 Å². The van der Waals surface area contributed by atoms with E-state index in [4.69, 9.17) is 4.74 Å². The molecule has 1 amide bonds. The maximum Gasteiger partial charge on any atom is 1.00 e. The number of nitrogens with zero attached hydrogens (tertiary/aromatic N) is 1. The van der Waals surface area contributed by atoms with Gasteiger partial charge < -0.3 is 25.2 Å². The summed E-state index contributed by atoms with van der Waals surface area (Å²) in [6.45, 7) is 10.0. The zero-order valence-electron chi connectivity index (χ0n) is 17.3. The first-order chi connectivity index (χ1) is 13.0. The minimum atomic E-state index is -0.960. The van der Waals surface area contributed by atoms with E-state index in [1.54, 1.807) is 11.0 Å². The average Bonchev–Trinajstić information content (AvgIpc) is 2.76. The molecule has 0 spiro atoms. The maximum absolute atomic E-state index is 13.1. The molecule has 0 saturated carbocycles. The Morgan fingerprint density at radius 2 is 2.03 bits per heavy atom. The van der Waals surface area contributed by atoms with E-state index in [1.807, 2.05) is 32.9 Å². The van der Waals surface area contributed by atoms with Gasteiger partial charge in [0.15, 0.2) is 0 Å². The number of ether oxygens (including phenoxy) is 1. The van der Waals surface area contributed by atoms with E-state index in [2.05, 4.69) is 11.9 Å². The van der Waals surface area contributed by atoms with Gasteiger partial charge in [-0.15, -0.1) is 0 Å². The molecule has 2 unspecified atom stereocenters. The smallest absolute Gasteiger partial charge is 0.870 e. The maximum atomic E-state index is 13.1. The summed E-state index contributed by atoms with van der Waals surface area (Å²) in [7, 11) is 1.39. The third-order valence-electron chi connectivity index (χ3n) is 4.70. The zero-order valence-corrected chi connectivity index (χ0v) is 20.4. The van der Waals surface area contributed by atoms with Crippen molar-refractivity contribution >= 4 is 11.6 Å². The second-order valence-electron chi connectivity index (χ2n) is 6.24. The molecule has 3 rings (SSSR count). The van der Waals surface area contributed by atoms with Crippen LogP contribution in [0, 0.1) is 0 Å². The van der Waals surface area contributed by atoms with E-state index >= 15 is 0 Å². The Balaban J connectivity index is 0.00000190. The van der Waals surface area contributed by atoms with Crippen molar-refractivity contribution in [3.8, 4) is 11.5 Å². The van der Waals surface area contributed by atoms with Crippen LogP contribution in [0.15, 0.2) is 48.1 Å². The fourth-order valence-electron chi connectivity index (χ4n) is 3.30. The number of allylic oxidation sites excluding steroid dienone is 2. The molecular formula is C22H31KN2O4. The largest absolute Gasteiger partial charge is 1.00 e. The van der Waals surface area contributed by atoms with Crippen LogP contribution in [-0.4, -0.2) is 41.8 Å². The number of hydrogen-bond acceptors (Lipinski definition) is 5. The van der Waals surface area contributed by atoms with E-state index in [0.29, 0.717) is 24.2 Å². The summed E-state index contributed by atoms with van der Waals surface area (Å²) < 4.78 is 5.05. The predicted molar refractivity (Wildman–Crippen MR) is 112 cm³/mol. The molecular weight excluding hydrogens is 395 g/mol. The van der Waals surface area contributed by atoms with Crippen molar-refractivity contribution in [2.45, 2.75) is 46.9 Å². The van der Waals surface area contributed by atoms with E-state index in [0.717, 1.165) is 11.1 Å². The minimum absolute atomic E-state index is 0. The summed E-state index contributed by atoms with van der Waals surface area (Å²) in [4.78, 5) is 14.7. The fraction of sp³-hybridized carbons (Fsp3) is 0.409. The third kappa shape index (κ3) is 5.96. The van der Waals surface area contributed by atoms with Crippen molar-refractivity contribution in [1.29, 1.82) is 0 Å². The topological polar surface area (TPSA) is 84.9 Å². The summed E-state index contributed by atoms with van der Waals surface area (Å²) in [5.41, 5.74) is 2.79. The van der Waals surface area contributed by atoms with Crippen LogP contribution in [0.25, 0.3) is 0 Å². The molecule has 2 aliphatic rings. The standard InChI is InChI=1S/C19H22N2O4.C2H6.CH4.K/c1-4-5-6-12-10-21-15(7-11(12)2)18(23)20-14-9-16(22)17(25-3)8-13(14)19(21)24;1-2;;/h4-6,8-9,15,18,20,22-23H,1,7,10H2,2-3H3;1-2H3;1H4;/q;;;+1/p-1/b6-5-;;;. The number of methoxy groups -OCH3 is 1. The zero-order chi connectivity index (χ0) is 20.1. The van der Waals surface area contributed by atoms with E-state index in [-0.39, 0.29) is 76.2 Å². The molecule has 2 atom stereocenters. The number of amides is 1. The van der Waals surface area contributed by atoms with Gasteiger partial charge in [-0.3, -0.25) is 4.79 Å². The molecule has 2 heterocycles. The van der Waals surface area contributed by atoms with Gasteiger partial charge in [-0.1, -0.05) is 57.4 Å². The molecule has 0 aliphatic carbocycles. The molecule has 29 heavy (non-hydrogen) atoms. The van der Waals surface area contributed by atoms with Crippen LogP contribution in [0.3, 0.4) is 0 Å². The van der Waals surface area contributed by atoms with Crippen molar-refractivity contribution in [2.75, 3.05) is 19.0 Å². The second-order valence-corrected chi connectivity index (χ2v) is 6.24. The number of aliphatic hydroxyl groups is 1. The number of fused-ring (bicyclic) bond motifs is 2. The molecule has 7 heteroatoms. The molecule has 1 aromatic carbocycles. The Bertz CT molecular complexity index is 789.